The van der Waals surface area contributed by atoms with E-state index in [1.54, 1.807) is 44.2 Å². The van der Waals surface area contributed by atoms with E-state index < -0.39 is 35.6 Å². The van der Waals surface area contributed by atoms with Gasteiger partial charge >= 0.3 is 18.0 Å². The molecule has 0 radical (unpaired) electrons. The first-order valence-corrected chi connectivity index (χ1v) is 9.07. The second kappa shape index (κ2) is 9.18. The monoisotopic (exact) mass is 404 g/mol. The fourth-order valence-electron chi connectivity index (χ4n) is 2.73. The summed E-state index contributed by atoms with van der Waals surface area (Å²) in [7, 11) is 1.35. The zero-order valence-corrected chi connectivity index (χ0v) is 16.5. The number of ether oxygens (including phenoxy) is 1. The Hall–Kier alpha value is -3.43. The lowest BCUT2D eigenvalue weighted by Gasteiger charge is -2.18. The molecule has 3 N–H and O–H groups in total. The highest BCUT2D eigenvalue weighted by molar-refractivity contribution is 6.06. The predicted octanol–water partition coefficient (Wildman–Crippen LogP) is 0.837. The van der Waals surface area contributed by atoms with E-state index in [1.807, 2.05) is 0 Å². The van der Waals surface area contributed by atoms with Gasteiger partial charge in [0.2, 0.25) is 6.10 Å². The van der Waals surface area contributed by atoms with Crippen molar-refractivity contribution in [3.8, 4) is 0 Å². The van der Waals surface area contributed by atoms with Gasteiger partial charge in [-0.2, -0.15) is 0 Å². The van der Waals surface area contributed by atoms with Crippen molar-refractivity contribution in [1.82, 2.24) is 20.9 Å². The van der Waals surface area contributed by atoms with Gasteiger partial charge < -0.3 is 15.4 Å². The zero-order valence-electron chi connectivity index (χ0n) is 16.5. The number of rotatable bonds is 7. The fourth-order valence-corrected chi connectivity index (χ4v) is 2.73. The van der Waals surface area contributed by atoms with E-state index in [1.165, 1.54) is 7.05 Å². The second-order valence-electron chi connectivity index (χ2n) is 6.96. The average Bonchev–Trinajstić information content (AvgIpc) is 2.87. The lowest BCUT2D eigenvalue weighted by atomic mass is 10.1. The summed E-state index contributed by atoms with van der Waals surface area (Å²) in [4.78, 5) is 61.0. The van der Waals surface area contributed by atoms with Crippen LogP contribution in [-0.4, -0.2) is 53.9 Å². The lowest BCUT2D eigenvalue weighted by molar-refractivity contribution is -0.156. The topological polar surface area (TPSA) is 134 Å². The van der Waals surface area contributed by atoms with Crippen LogP contribution in [0.2, 0.25) is 0 Å². The van der Waals surface area contributed by atoms with Crippen LogP contribution in [-0.2, 0) is 19.1 Å². The highest BCUT2D eigenvalue weighted by Crippen LogP contribution is 2.20. The zero-order chi connectivity index (χ0) is 21.6. The van der Waals surface area contributed by atoms with E-state index in [9.17, 15) is 24.0 Å². The molecule has 156 valence electrons. The molecule has 0 aromatic heterocycles. The lowest BCUT2D eigenvalue weighted by Crippen LogP contribution is -2.41. The smallest absolute Gasteiger partial charge is 0.325 e. The van der Waals surface area contributed by atoms with Gasteiger partial charge in [-0.15, -0.1) is 0 Å². The number of amides is 6. The molecule has 10 heteroatoms. The quantitative estimate of drug-likeness (QED) is 0.455. The largest absolute Gasteiger partial charge is 0.447 e. The van der Waals surface area contributed by atoms with Crippen LogP contribution in [0, 0.1) is 0 Å². The minimum Gasteiger partial charge on any atom is -0.447 e. The number of hydrogen-bond acceptors (Lipinski definition) is 6. The number of carbonyl (C=O) groups is 5. The molecule has 2 rings (SSSR count). The molecule has 10 nitrogen and oxygen atoms in total. The summed E-state index contributed by atoms with van der Waals surface area (Å²) in [6.45, 7) is 3.23. The summed E-state index contributed by atoms with van der Waals surface area (Å²) in [5.74, 6) is -1.86. The summed E-state index contributed by atoms with van der Waals surface area (Å²) in [5, 5.41) is 6.89. The molecule has 0 aliphatic carbocycles. The van der Waals surface area contributed by atoms with Crippen molar-refractivity contribution >= 4 is 29.8 Å². The molecule has 1 heterocycles. The van der Waals surface area contributed by atoms with Gasteiger partial charge in [-0.1, -0.05) is 30.3 Å². The molecule has 1 saturated heterocycles. The fraction of sp³-hybridized carbons (Fsp3) is 0.421. The first kappa shape index (κ1) is 21.9. The minimum absolute atomic E-state index is 0.0453. The molecule has 0 saturated carbocycles. The third-order valence-electron chi connectivity index (χ3n) is 4.26. The van der Waals surface area contributed by atoms with Crippen LogP contribution < -0.4 is 16.0 Å². The van der Waals surface area contributed by atoms with Crippen LogP contribution in [0.25, 0.3) is 0 Å². The maximum Gasteiger partial charge on any atom is 0.325 e. The summed E-state index contributed by atoms with van der Waals surface area (Å²) < 4.78 is 5.27. The van der Waals surface area contributed by atoms with Crippen LogP contribution in [0.5, 0.6) is 0 Å². The first-order chi connectivity index (χ1) is 13.7. The van der Waals surface area contributed by atoms with Crippen LogP contribution in [0.1, 0.15) is 38.4 Å². The number of nitrogens with one attached hydrogen (secondary N) is 3. The Labute approximate surface area is 168 Å². The third kappa shape index (κ3) is 5.53. The maximum absolute atomic E-state index is 12.3. The van der Waals surface area contributed by atoms with Crippen molar-refractivity contribution in [3.05, 3.63) is 35.9 Å². The normalized spacial score (nSPS) is 16.0. The van der Waals surface area contributed by atoms with Gasteiger partial charge in [0.1, 0.15) is 5.54 Å². The molecule has 1 aliphatic heterocycles. The van der Waals surface area contributed by atoms with Gasteiger partial charge in [-0.3, -0.25) is 24.6 Å². The Morgan fingerprint density at radius 3 is 2.38 bits per heavy atom. The molecular weight excluding hydrogens is 380 g/mol. The van der Waals surface area contributed by atoms with E-state index in [-0.39, 0.29) is 25.3 Å². The van der Waals surface area contributed by atoms with Gasteiger partial charge in [0, 0.05) is 25.6 Å². The highest BCUT2D eigenvalue weighted by Gasteiger charge is 2.43. The number of nitrogens with zero attached hydrogens (tertiary/aromatic N) is 1. The standard InChI is InChI=1S/C19H24N4O6/c1-19(2)16(26)23(18(28)22-19)11-7-10-13(24)29-14(12-8-5-4-6-9-12)15(25)21-17(27)20-3/h4-6,8-9,14H,7,10-11H2,1-3H3,(H,22,28)(H2,20,21,25,27)/t14-/m0/s1. The molecule has 1 aromatic rings. The van der Waals surface area contributed by atoms with Crippen molar-refractivity contribution in [2.75, 3.05) is 13.6 Å². The van der Waals surface area contributed by atoms with E-state index in [4.69, 9.17) is 4.74 Å². The Morgan fingerprint density at radius 2 is 1.83 bits per heavy atom. The molecule has 1 aliphatic rings. The Kier molecular flexibility index (Phi) is 6.92. The number of esters is 1. The summed E-state index contributed by atoms with van der Waals surface area (Å²) in [6, 6.07) is 7.02. The van der Waals surface area contributed by atoms with Gasteiger partial charge in [-0.05, 0) is 20.3 Å². The van der Waals surface area contributed by atoms with Gasteiger partial charge in [0.25, 0.3) is 11.8 Å². The third-order valence-corrected chi connectivity index (χ3v) is 4.26. The van der Waals surface area contributed by atoms with Gasteiger partial charge in [0.05, 0.1) is 0 Å². The van der Waals surface area contributed by atoms with E-state index >= 15 is 0 Å². The summed E-state index contributed by atoms with van der Waals surface area (Å²) in [5.41, 5.74) is -0.577. The molecule has 0 bridgehead atoms. The Morgan fingerprint density at radius 1 is 1.17 bits per heavy atom. The molecule has 1 aromatic carbocycles. The molecule has 0 spiro atoms. The van der Waals surface area contributed by atoms with Crippen molar-refractivity contribution in [3.63, 3.8) is 0 Å². The van der Waals surface area contributed by atoms with Crippen molar-refractivity contribution in [1.29, 1.82) is 0 Å². The van der Waals surface area contributed by atoms with E-state index in [0.29, 0.717) is 5.56 Å². The van der Waals surface area contributed by atoms with Gasteiger partial charge in [-0.25, -0.2) is 9.59 Å². The van der Waals surface area contributed by atoms with Gasteiger partial charge in [0.15, 0.2) is 0 Å². The van der Waals surface area contributed by atoms with Crippen LogP contribution >= 0.6 is 0 Å². The molecule has 29 heavy (non-hydrogen) atoms. The van der Waals surface area contributed by atoms with E-state index in [0.717, 1.165) is 4.90 Å². The SMILES string of the molecule is CNC(=O)NC(=O)[C@@H](OC(=O)CCCN1C(=O)NC(C)(C)C1=O)c1ccccc1. The molecule has 6 amide bonds. The average molecular weight is 404 g/mol. The van der Waals surface area contributed by atoms with Crippen molar-refractivity contribution in [2.24, 2.45) is 0 Å². The summed E-state index contributed by atoms with van der Waals surface area (Å²) in [6.07, 6.45) is -1.25. The highest BCUT2D eigenvalue weighted by atomic mass is 16.5. The van der Waals surface area contributed by atoms with E-state index in [2.05, 4.69) is 16.0 Å². The Balaban J connectivity index is 1.96. The number of hydrogen-bond donors (Lipinski definition) is 3. The molecule has 0 unspecified atom stereocenters. The van der Waals surface area contributed by atoms with Crippen molar-refractivity contribution < 1.29 is 28.7 Å². The predicted molar refractivity (Wildman–Crippen MR) is 101 cm³/mol. The van der Waals surface area contributed by atoms with Crippen molar-refractivity contribution in [2.45, 2.75) is 38.3 Å². The minimum atomic E-state index is -1.31. The number of urea groups is 2. The van der Waals surface area contributed by atoms with Crippen LogP contribution in [0.4, 0.5) is 9.59 Å². The maximum atomic E-state index is 12.3. The Bertz CT molecular complexity index is 808. The van der Waals surface area contributed by atoms with Crippen LogP contribution in [0.15, 0.2) is 30.3 Å². The van der Waals surface area contributed by atoms with Crippen LogP contribution in [0.3, 0.4) is 0 Å². The number of carbonyl (C=O) groups excluding carboxylic acids is 5. The molecular formula is C19H24N4O6. The second-order valence-corrected chi connectivity index (χ2v) is 6.96. The molecule has 1 fully saturated rings. The number of benzene rings is 1. The molecule has 1 atom stereocenters. The number of imide groups is 2. The first-order valence-electron chi connectivity index (χ1n) is 9.07. The summed E-state index contributed by atoms with van der Waals surface area (Å²) >= 11 is 0.